The lowest BCUT2D eigenvalue weighted by Gasteiger charge is -2.18. The minimum atomic E-state index is -0.201. The number of carbonyl (C=O) groups excluding carboxylic acids is 2. The van der Waals surface area contributed by atoms with E-state index in [1.165, 1.54) is 30.4 Å². The average molecular weight is 293 g/mol. The molecule has 5 heteroatoms. The van der Waals surface area contributed by atoms with Gasteiger partial charge < -0.3 is 9.64 Å². The van der Waals surface area contributed by atoms with Crippen molar-refractivity contribution in [2.45, 2.75) is 32.1 Å². The highest BCUT2D eigenvalue weighted by Crippen LogP contribution is 2.32. The highest BCUT2D eigenvalue weighted by atomic mass is 32.1. The first-order valence-electron chi connectivity index (χ1n) is 7.17. The number of ether oxygens (including phenoxy) is 1. The summed E-state index contributed by atoms with van der Waals surface area (Å²) in [5.74, 6) is -0.262. The minimum Gasteiger partial charge on any atom is -0.469 e. The quantitative estimate of drug-likeness (QED) is 0.786. The molecule has 0 radical (unpaired) electrons. The van der Waals surface area contributed by atoms with Gasteiger partial charge in [-0.15, -0.1) is 11.3 Å². The molecule has 20 heavy (non-hydrogen) atoms. The van der Waals surface area contributed by atoms with Gasteiger partial charge in [0.15, 0.2) is 0 Å². The van der Waals surface area contributed by atoms with Gasteiger partial charge in [-0.1, -0.05) is 0 Å². The van der Waals surface area contributed by atoms with E-state index in [0.717, 1.165) is 18.4 Å². The van der Waals surface area contributed by atoms with Crippen LogP contribution in [0.3, 0.4) is 0 Å². The molecule has 1 atom stereocenters. The summed E-state index contributed by atoms with van der Waals surface area (Å²) in [5.41, 5.74) is 2.13. The molecular formula is C15H19NO3S. The van der Waals surface area contributed by atoms with Crippen molar-refractivity contribution in [3.8, 4) is 0 Å². The number of carbonyl (C=O) groups is 2. The van der Waals surface area contributed by atoms with Gasteiger partial charge in [-0.05, 0) is 37.7 Å². The summed E-state index contributed by atoms with van der Waals surface area (Å²) in [6.07, 6.45) is 5.25. The van der Waals surface area contributed by atoms with E-state index in [2.05, 4.69) is 0 Å². The highest BCUT2D eigenvalue weighted by molar-refractivity contribution is 7.10. The monoisotopic (exact) mass is 293 g/mol. The summed E-state index contributed by atoms with van der Waals surface area (Å²) in [6.45, 7) is 1.15. The van der Waals surface area contributed by atoms with E-state index in [0.29, 0.717) is 19.5 Å². The van der Waals surface area contributed by atoms with Crippen molar-refractivity contribution in [1.82, 2.24) is 4.90 Å². The van der Waals surface area contributed by atoms with Crippen molar-refractivity contribution >= 4 is 23.2 Å². The fourth-order valence-electron chi connectivity index (χ4n) is 3.15. The molecule has 0 spiro atoms. The van der Waals surface area contributed by atoms with E-state index >= 15 is 0 Å². The highest BCUT2D eigenvalue weighted by Gasteiger charge is 2.33. The first kappa shape index (κ1) is 13.6. The van der Waals surface area contributed by atoms with Crippen LogP contribution in [0.15, 0.2) is 5.38 Å². The molecule has 0 N–H and O–H groups in total. The Kier molecular flexibility index (Phi) is 3.78. The van der Waals surface area contributed by atoms with E-state index in [1.54, 1.807) is 16.2 Å². The van der Waals surface area contributed by atoms with E-state index in [1.807, 2.05) is 5.38 Å². The van der Waals surface area contributed by atoms with Gasteiger partial charge in [0.1, 0.15) is 0 Å². The Morgan fingerprint density at radius 1 is 1.35 bits per heavy atom. The summed E-state index contributed by atoms with van der Waals surface area (Å²) in [7, 11) is 1.40. The van der Waals surface area contributed by atoms with E-state index < -0.39 is 0 Å². The summed E-state index contributed by atoms with van der Waals surface area (Å²) < 4.78 is 4.77. The fourth-order valence-corrected chi connectivity index (χ4v) is 4.27. The molecular weight excluding hydrogens is 274 g/mol. The summed E-state index contributed by atoms with van der Waals surface area (Å²) in [5, 5.41) is 2.00. The number of rotatable bonds is 2. The molecule has 0 bridgehead atoms. The van der Waals surface area contributed by atoms with Gasteiger partial charge in [-0.2, -0.15) is 0 Å². The van der Waals surface area contributed by atoms with Crippen LogP contribution < -0.4 is 0 Å². The van der Waals surface area contributed by atoms with Crippen LogP contribution in [0.2, 0.25) is 0 Å². The minimum absolute atomic E-state index is 0.0933. The van der Waals surface area contributed by atoms with Gasteiger partial charge in [0, 0.05) is 23.3 Å². The maximum absolute atomic E-state index is 12.6. The zero-order valence-corrected chi connectivity index (χ0v) is 12.5. The molecule has 1 fully saturated rings. The second-order valence-electron chi connectivity index (χ2n) is 5.52. The number of fused-ring (bicyclic) bond motifs is 1. The molecule has 2 aliphatic rings. The number of likely N-dealkylation sites (tertiary alicyclic amines) is 1. The van der Waals surface area contributed by atoms with E-state index in [4.69, 9.17) is 4.74 Å². The molecule has 3 rings (SSSR count). The van der Waals surface area contributed by atoms with Crippen molar-refractivity contribution in [2.24, 2.45) is 5.92 Å². The van der Waals surface area contributed by atoms with Crippen LogP contribution >= 0.6 is 11.3 Å². The molecule has 0 saturated carbocycles. The largest absolute Gasteiger partial charge is 0.469 e. The second-order valence-corrected chi connectivity index (χ2v) is 6.48. The molecule has 1 unspecified atom stereocenters. The van der Waals surface area contributed by atoms with Crippen molar-refractivity contribution in [3.63, 3.8) is 0 Å². The summed E-state index contributed by atoms with van der Waals surface area (Å²) in [4.78, 5) is 27.3. The molecule has 1 aliphatic carbocycles. The Morgan fingerprint density at radius 2 is 2.15 bits per heavy atom. The lowest BCUT2D eigenvalue weighted by atomic mass is 9.95. The number of amides is 1. The molecule has 4 nitrogen and oxygen atoms in total. The molecule has 0 aromatic carbocycles. The zero-order valence-electron chi connectivity index (χ0n) is 11.7. The molecule has 2 heterocycles. The standard InChI is InChI=1S/C15H19NO3S/c1-19-15(18)10-6-7-16(8-10)14(17)12-9-20-13-5-3-2-4-11(12)13/h9-10H,2-8H2,1H3. The normalized spacial score (nSPS) is 21.6. The van der Waals surface area contributed by atoms with Gasteiger partial charge in [0.2, 0.25) is 0 Å². The van der Waals surface area contributed by atoms with Gasteiger partial charge >= 0.3 is 5.97 Å². The van der Waals surface area contributed by atoms with Crippen LogP contribution in [0.1, 0.15) is 40.1 Å². The molecule has 108 valence electrons. The van der Waals surface area contributed by atoms with Crippen molar-refractivity contribution in [1.29, 1.82) is 0 Å². The lowest BCUT2D eigenvalue weighted by molar-refractivity contribution is -0.144. The van der Waals surface area contributed by atoms with Gasteiger partial charge in [-0.3, -0.25) is 9.59 Å². The third-order valence-electron chi connectivity index (χ3n) is 4.30. The Balaban J connectivity index is 1.74. The number of aryl methyl sites for hydroxylation is 1. The fraction of sp³-hybridized carbons (Fsp3) is 0.600. The Bertz CT molecular complexity index is 537. The van der Waals surface area contributed by atoms with E-state index in [9.17, 15) is 9.59 Å². The Morgan fingerprint density at radius 3 is 2.95 bits per heavy atom. The van der Waals surface area contributed by atoms with Crippen LogP contribution in [0.5, 0.6) is 0 Å². The number of methoxy groups -OCH3 is 1. The topological polar surface area (TPSA) is 46.6 Å². The van der Waals surface area contributed by atoms with E-state index in [-0.39, 0.29) is 17.8 Å². The van der Waals surface area contributed by atoms with Crippen LogP contribution in [-0.4, -0.2) is 37.0 Å². The molecule has 1 aromatic rings. The van der Waals surface area contributed by atoms with Crippen LogP contribution in [0.25, 0.3) is 0 Å². The lowest BCUT2D eigenvalue weighted by Crippen LogP contribution is -2.30. The summed E-state index contributed by atoms with van der Waals surface area (Å²) >= 11 is 1.71. The molecule has 1 saturated heterocycles. The average Bonchev–Trinajstić information content (AvgIpc) is 3.12. The Labute approximate surface area is 122 Å². The predicted octanol–water partition coefficient (Wildman–Crippen LogP) is 2.26. The van der Waals surface area contributed by atoms with Crippen LogP contribution in [0, 0.1) is 5.92 Å². The second kappa shape index (κ2) is 5.56. The number of nitrogens with zero attached hydrogens (tertiary/aromatic N) is 1. The SMILES string of the molecule is COC(=O)C1CCN(C(=O)c2csc3c2CCCC3)C1. The smallest absolute Gasteiger partial charge is 0.310 e. The molecule has 1 aromatic heterocycles. The maximum atomic E-state index is 12.6. The zero-order chi connectivity index (χ0) is 14.1. The van der Waals surface area contributed by atoms with Crippen molar-refractivity contribution in [3.05, 3.63) is 21.4 Å². The number of esters is 1. The van der Waals surface area contributed by atoms with Crippen LogP contribution in [0.4, 0.5) is 0 Å². The van der Waals surface area contributed by atoms with Crippen molar-refractivity contribution < 1.29 is 14.3 Å². The predicted molar refractivity (Wildman–Crippen MR) is 77.0 cm³/mol. The first-order chi connectivity index (χ1) is 9.70. The number of thiophene rings is 1. The summed E-state index contributed by atoms with van der Waals surface area (Å²) in [6, 6.07) is 0. The maximum Gasteiger partial charge on any atom is 0.310 e. The number of hydrogen-bond acceptors (Lipinski definition) is 4. The molecule has 1 aliphatic heterocycles. The third kappa shape index (κ3) is 2.35. The van der Waals surface area contributed by atoms with Gasteiger partial charge in [0.05, 0.1) is 18.6 Å². The van der Waals surface area contributed by atoms with Crippen molar-refractivity contribution in [2.75, 3.05) is 20.2 Å². The first-order valence-corrected chi connectivity index (χ1v) is 8.05. The van der Waals surface area contributed by atoms with Gasteiger partial charge in [-0.25, -0.2) is 0 Å². The number of hydrogen-bond donors (Lipinski definition) is 0. The van der Waals surface area contributed by atoms with Crippen LogP contribution in [-0.2, 0) is 22.4 Å². The Hall–Kier alpha value is -1.36. The van der Waals surface area contributed by atoms with Gasteiger partial charge in [0.25, 0.3) is 5.91 Å². The third-order valence-corrected chi connectivity index (χ3v) is 5.39. The molecule has 1 amide bonds.